The van der Waals surface area contributed by atoms with E-state index >= 15 is 0 Å². The van der Waals surface area contributed by atoms with Crippen molar-refractivity contribution in [1.29, 1.82) is 0 Å². The first-order valence-corrected chi connectivity index (χ1v) is 7.48. The summed E-state index contributed by atoms with van der Waals surface area (Å²) in [5, 5.41) is 3.70. The first-order chi connectivity index (χ1) is 9.05. The fourth-order valence-electron chi connectivity index (χ4n) is 1.38. The normalized spacial score (nSPS) is 12.1. The van der Waals surface area contributed by atoms with Crippen LogP contribution < -0.4 is 5.32 Å². The molecule has 1 amide bonds. The van der Waals surface area contributed by atoms with Crippen LogP contribution in [0.15, 0.2) is 23.4 Å². The van der Waals surface area contributed by atoms with Crippen molar-refractivity contribution in [1.82, 2.24) is 10.3 Å². The molecule has 20 heavy (non-hydrogen) atoms. The van der Waals surface area contributed by atoms with E-state index in [9.17, 15) is 4.79 Å². The fourth-order valence-corrected chi connectivity index (χ4v) is 2.25. The summed E-state index contributed by atoms with van der Waals surface area (Å²) in [5.74, 6) is 0. The third-order valence-electron chi connectivity index (χ3n) is 2.04. The smallest absolute Gasteiger partial charge is 0.407 e. The highest BCUT2D eigenvalue weighted by molar-refractivity contribution is 8.00. The number of carbonyl (C=O) groups is 1. The monoisotopic (exact) mass is 296 g/mol. The Morgan fingerprint density at radius 1 is 1.25 bits per heavy atom. The average Bonchev–Trinajstić information content (AvgIpc) is 2.23. The van der Waals surface area contributed by atoms with Crippen LogP contribution in [0.25, 0.3) is 0 Å². The summed E-state index contributed by atoms with van der Waals surface area (Å²) in [6, 6.07) is 3.94. The molecule has 0 aromatic carbocycles. The number of nitrogens with zero attached hydrogens (tertiary/aromatic N) is 1. The maximum Gasteiger partial charge on any atom is 0.407 e. The van der Waals surface area contributed by atoms with E-state index in [1.807, 2.05) is 32.9 Å². The molecular formula is C15H24N2O2S. The quantitative estimate of drug-likeness (QED) is 0.857. The van der Waals surface area contributed by atoms with Crippen LogP contribution in [0.5, 0.6) is 0 Å². The number of alkyl carbamates (subject to hydrolysis) is 1. The molecule has 4 nitrogen and oxygen atoms in total. The Bertz CT molecular complexity index is 444. The highest BCUT2D eigenvalue weighted by Crippen LogP contribution is 2.30. The molecule has 112 valence electrons. The predicted molar refractivity (Wildman–Crippen MR) is 82.9 cm³/mol. The maximum absolute atomic E-state index is 11.5. The third-order valence-corrected chi connectivity index (χ3v) is 3.11. The van der Waals surface area contributed by atoms with Gasteiger partial charge in [-0.2, -0.15) is 0 Å². The van der Waals surface area contributed by atoms with Crippen molar-refractivity contribution in [3.05, 3.63) is 23.9 Å². The molecule has 1 rings (SSSR count). The van der Waals surface area contributed by atoms with Crippen LogP contribution in [0.2, 0.25) is 0 Å². The molecule has 0 aliphatic rings. The minimum Gasteiger partial charge on any atom is -0.444 e. The second-order valence-electron chi connectivity index (χ2n) is 6.57. The van der Waals surface area contributed by atoms with Crippen LogP contribution in [-0.4, -0.2) is 21.4 Å². The van der Waals surface area contributed by atoms with Crippen molar-refractivity contribution in [2.75, 3.05) is 0 Å². The molecule has 0 spiro atoms. The zero-order chi connectivity index (χ0) is 15.4. The summed E-state index contributed by atoms with van der Waals surface area (Å²) < 4.78 is 5.32. The molecule has 0 radical (unpaired) electrons. The number of amides is 1. The SMILES string of the molecule is CC(C)(C)OC(=O)NCc1ccc(SC(C)(C)C)nc1. The van der Waals surface area contributed by atoms with Gasteiger partial charge in [-0.3, -0.25) is 0 Å². The number of aromatic nitrogens is 1. The highest BCUT2D eigenvalue weighted by atomic mass is 32.2. The Hall–Kier alpha value is -1.23. The van der Waals surface area contributed by atoms with Crippen LogP contribution in [-0.2, 0) is 11.3 Å². The van der Waals surface area contributed by atoms with E-state index in [0.717, 1.165) is 10.6 Å². The van der Waals surface area contributed by atoms with E-state index in [4.69, 9.17) is 4.74 Å². The van der Waals surface area contributed by atoms with Gasteiger partial charge in [0.15, 0.2) is 0 Å². The Morgan fingerprint density at radius 2 is 1.90 bits per heavy atom. The van der Waals surface area contributed by atoms with Crippen molar-refractivity contribution >= 4 is 17.9 Å². The van der Waals surface area contributed by atoms with Gasteiger partial charge in [-0.05, 0) is 32.4 Å². The lowest BCUT2D eigenvalue weighted by atomic mass is 10.2. The molecule has 0 bridgehead atoms. The largest absolute Gasteiger partial charge is 0.444 e. The lowest BCUT2D eigenvalue weighted by Crippen LogP contribution is -2.32. The molecule has 5 heteroatoms. The topological polar surface area (TPSA) is 51.2 Å². The van der Waals surface area contributed by atoms with E-state index in [0.29, 0.717) is 6.54 Å². The van der Waals surface area contributed by atoms with E-state index in [-0.39, 0.29) is 4.75 Å². The molecule has 1 aromatic rings. The summed E-state index contributed by atoms with van der Waals surface area (Å²) in [6.07, 6.45) is 1.37. The molecule has 0 aliphatic heterocycles. The van der Waals surface area contributed by atoms with E-state index in [1.165, 1.54) is 0 Å². The number of hydrogen-bond donors (Lipinski definition) is 1. The average molecular weight is 296 g/mol. The lowest BCUT2D eigenvalue weighted by Gasteiger charge is -2.19. The Balaban J connectivity index is 2.48. The molecule has 0 unspecified atom stereocenters. The van der Waals surface area contributed by atoms with Crippen molar-refractivity contribution in [2.24, 2.45) is 0 Å². The number of pyridine rings is 1. The van der Waals surface area contributed by atoms with Gasteiger partial charge in [0, 0.05) is 17.5 Å². The fraction of sp³-hybridized carbons (Fsp3) is 0.600. The van der Waals surface area contributed by atoms with Crippen LogP contribution >= 0.6 is 11.8 Å². The van der Waals surface area contributed by atoms with Crippen LogP contribution in [0.1, 0.15) is 47.1 Å². The second kappa shape index (κ2) is 6.48. The Kier molecular flexibility index (Phi) is 5.45. The Morgan fingerprint density at radius 3 is 2.35 bits per heavy atom. The highest BCUT2D eigenvalue weighted by Gasteiger charge is 2.16. The van der Waals surface area contributed by atoms with Crippen LogP contribution in [0.3, 0.4) is 0 Å². The van der Waals surface area contributed by atoms with Gasteiger partial charge in [0.25, 0.3) is 0 Å². The minimum atomic E-state index is -0.477. The molecule has 0 atom stereocenters. The molecular weight excluding hydrogens is 272 g/mol. The van der Waals surface area contributed by atoms with E-state index < -0.39 is 11.7 Å². The predicted octanol–water partition coefficient (Wildman–Crippen LogP) is 4.00. The van der Waals surface area contributed by atoms with Gasteiger partial charge < -0.3 is 10.1 Å². The number of ether oxygens (including phenoxy) is 1. The summed E-state index contributed by atoms with van der Waals surface area (Å²) in [7, 11) is 0. The summed E-state index contributed by atoms with van der Waals surface area (Å²) in [5.41, 5.74) is 0.476. The van der Waals surface area contributed by atoms with E-state index in [1.54, 1.807) is 18.0 Å². The minimum absolute atomic E-state index is 0.142. The van der Waals surface area contributed by atoms with Gasteiger partial charge in [-0.15, -0.1) is 11.8 Å². The third kappa shape index (κ3) is 7.38. The van der Waals surface area contributed by atoms with Crippen LogP contribution in [0, 0.1) is 0 Å². The molecule has 0 saturated carbocycles. The molecule has 0 saturated heterocycles. The molecule has 0 aliphatic carbocycles. The standard InChI is InChI=1S/C15H24N2O2S/c1-14(2,3)19-13(18)17-10-11-7-8-12(16-9-11)20-15(4,5)6/h7-9H,10H2,1-6H3,(H,17,18). The number of nitrogens with one attached hydrogen (secondary N) is 1. The first kappa shape index (κ1) is 16.8. The summed E-state index contributed by atoms with van der Waals surface area (Å²) in [6.45, 7) is 12.4. The number of rotatable bonds is 3. The second-order valence-corrected chi connectivity index (χ2v) is 8.42. The first-order valence-electron chi connectivity index (χ1n) is 6.66. The van der Waals surface area contributed by atoms with Gasteiger partial charge in [0.1, 0.15) is 5.60 Å². The van der Waals surface area contributed by atoms with Crippen molar-refractivity contribution in [3.8, 4) is 0 Å². The number of hydrogen-bond acceptors (Lipinski definition) is 4. The molecule has 0 fully saturated rings. The summed E-state index contributed by atoms with van der Waals surface area (Å²) >= 11 is 1.72. The van der Waals surface area contributed by atoms with Gasteiger partial charge in [0.05, 0.1) is 5.03 Å². The van der Waals surface area contributed by atoms with Crippen LogP contribution in [0.4, 0.5) is 4.79 Å². The van der Waals surface area contributed by atoms with Crippen molar-refractivity contribution in [3.63, 3.8) is 0 Å². The molecule has 1 heterocycles. The van der Waals surface area contributed by atoms with Crippen molar-refractivity contribution in [2.45, 2.75) is 63.5 Å². The molecule has 1 N–H and O–H groups in total. The van der Waals surface area contributed by atoms with Gasteiger partial charge in [-0.25, -0.2) is 9.78 Å². The summed E-state index contributed by atoms with van der Waals surface area (Å²) in [4.78, 5) is 15.9. The molecule has 1 aromatic heterocycles. The van der Waals surface area contributed by atoms with Gasteiger partial charge in [-0.1, -0.05) is 26.8 Å². The van der Waals surface area contributed by atoms with E-state index in [2.05, 4.69) is 31.1 Å². The Labute approximate surface area is 125 Å². The zero-order valence-corrected chi connectivity index (χ0v) is 13.9. The number of carbonyl (C=O) groups excluding carboxylic acids is 1. The zero-order valence-electron chi connectivity index (χ0n) is 13.1. The van der Waals surface area contributed by atoms with Gasteiger partial charge >= 0.3 is 6.09 Å². The lowest BCUT2D eigenvalue weighted by molar-refractivity contribution is 0.0523. The number of thioether (sulfide) groups is 1. The maximum atomic E-state index is 11.5. The van der Waals surface area contributed by atoms with Gasteiger partial charge in [0.2, 0.25) is 0 Å². The van der Waals surface area contributed by atoms with Crippen molar-refractivity contribution < 1.29 is 9.53 Å².